The molecule has 0 nitrogen and oxygen atoms in total. The Kier molecular flexibility index (Phi) is 6.01. The summed E-state index contributed by atoms with van der Waals surface area (Å²) in [7, 11) is 0. The van der Waals surface area contributed by atoms with Crippen LogP contribution in [0.3, 0.4) is 0 Å². The van der Waals surface area contributed by atoms with Crippen LogP contribution in [0.25, 0.3) is 0 Å². The second-order valence-corrected chi connectivity index (χ2v) is 9.72. The number of fused-ring (bicyclic) bond motifs is 1. The van der Waals surface area contributed by atoms with Gasteiger partial charge in [-0.25, -0.2) is 4.39 Å². The third kappa shape index (κ3) is 4.18. The summed E-state index contributed by atoms with van der Waals surface area (Å²) in [5, 5.41) is 0. The van der Waals surface area contributed by atoms with Gasteiger partial charge in [-0.2, -0.15) is 0 Å². The van der Waals surface area contributed by atoms with Gasteiger partial charge in [0.05, 0.1) is 0 Å². The Balaban J connectivity index is 1.29. The maximum absolute atomic E-state index is 13.2. The molecule has 1 aromatic carbocycles. The van der Waals surface area contributed by atoms with E-state index in [1.165, 1.54) is 82.6 Å². The predicted molar refractivity (Wildman–Crippen MR) is 108 cm³/mol. The molecule has 0 spiro atoms. The van der Waals surface area contributed by atoms with Crippen molar-refractivity contribution in [2.75, 3.05) is 0 Å². The number of hydrogen-bond acceptors (Lipinski definition) is 0. The quantitative estimate of drug-likeness (QED) is 0.517. The third-order valence-electron chi connectivity index (χ3n) is 8.25. The van der Waals surface area contributed by atoms with Crippen LogP contribution in [0.2, 0.25) is 0 Å². The average molecular weight is 357 g/mol. The van der Waals surface area contributed by atoms with Gasteiger partial charge in [-0.3, -0.25) is 0 Å². The van der Waals surface area contributed by atoms with Crippen LogP contribution in [0, 0.1) is 35.4 Å². The highest BCUT2D eigenvalue weighted by Gasteiger charge is 2.38. The maximum Gasteiger partial charge on any atom is 0.123 e. The largest absolute Gasteiger partial charge is 0.207 e. The van der Waals surface area contributed by atoms with Crippen LogP contribution >= 0.6 is 0 Å². The van der Waals surface area contributed by atoms with Gasteiger partial charge in [0.25, 0.3) is 0 Å². The van der Waals surface area contributed by atoms with E-state index >= 15 is 0 Å². The number of benzene rings is 1. The Morgan fingerprint density at radius 1 is 0.731 bits per heavy atom. The zero-order chi connectivity index (χ0) is 17.9. The lowest BCUT2D eigenvalue weighted by Gasteiger charge is -2.45. The molecule has 0 heterocycles. The maximum atomic E-state index is 13.2. The highest BCUT2D eigenvalue weighted by molar-refractivity contribution is 5.21. The second kappa shape index (κ2) is 8.44. The van der Waals surface area contributed by atoms with E-state index in [-0.39, 0.29) is 5.82 Å². The van der Waals surface area contributed by atoms with Crippen LogP contribution in [-0.4, -0.2) is 0 Å². The van der Waals surface area contributed by atoms with Gasteiger partial charge in [0.2, 0.25) is 0 Å². The molecular formula is C25H37F. The molecule has 0 aromatic heterocycles. The highest BCUT2D eigenvalue weighted by Crippen LogP contribution is 2.51. The van der Waals surface area contributed by atoms with Crippen molar-refractivity contribution in [2.24, 2.45) is 29.6 Å². The van der Waals surface area contributed by atoms with E-state index in [0.717, 1.165) is 29.6 Å². The first-order valence-electron chi connectivity index (χ1n) is 11.5. The van der Waals surface area contributed by atoms with Crippen LogP contribution in [0.1, 0.15) is 95.5 Å². The first kappa shape index (κ1) is 18.5. The average Bonchev–Trinajstić information content (AvgIpc) is 2.69. The molecule has 0 bridgehead atoms. The molecule has 0 aliphatic heterocycles. The van der Waals surface area contributed by atoms with Crippen molar-refractivity contribution in [3.63, 3.8) is 0 Å². The monoisotopic (exact) mass is 356 g/mol. The number of rotatable bonds is 4. The van der Waals surface area contributed by atoms with E-state index in [1.54, 1.807) is 12.1 Å². The van der Waals surface area contributed by atoms with Crippen LogP contribution < -0.4 is 0 Å². The minimum atomic E-state index is -0.100. The van der Waals surface area contributed by atoms with Crippen molar-refractivity contribution in [3.05, 3.63) is 35.6 Å². The molecule has 3 saturated carbocycles. The fourth-order valence-corrected chi connectivity index (χ4v) is 6.75. The van der Waals surface area contributed by atoms with Crippen molar-refractivity contribution in [2.45, 2.75) is 89.9 Å². The Hall–Kier alpha value is -0.850. The van der Waals surface area contributed by atoms with Crippen molar-refractivity contribution in [1.82, 2.24) is 0 Å². The van der Waals surface area contributed by atoms with E-state index in [4.69, 9.17) is 0 Å². The van der Waals surface area contributed by atoms with Crippen molar-refractivity contribution >= 4 is 0 Å². The van der Waals surface area contributed by atoms with E-state index in [2.05, 4.69) is 6.92 Å². The van der Waals surface area contributed by atoms with Crippen molar-refractivity contribution < 1.29 is 4.39 Å². The molecule has 144 valence electrons. The zero-order valence-electron chi connectivity index (χ0n) is 16.6. The molecule has 3 aliphatic rings. The summed E-state index contributed by atoms with van der Waals surface area (Å²) in [6.07, 6.45) is 17.4. The summed E-state index contributed by atoms with van der Waals surface area (Å²) < 4.78 is 13.2. The molecule has 4 atom stereocenters. The van der Waals surface area contributed by atoms with Crippen LogP contribution in [-0.2, 0) is 0 Å². The third-order valence-corrected chi connectivity index (χ3v) is 8.25. The molecule has 1 heteroatoms. The van der Waals surface area contributed by atoms with Gasteiger partial charge in [-0.05, 0) is 105 Å². The summed E-state index contributed by atoms with van der Waals surface area (Å²) in [4.78, 5) is 0. The minimum Gasteiger partial charge on any atom is -0.207 e. The molecule has 3 aliphatic carbocycles. The van der Waals surface area contributed by atoms with Gasteiger partial charge >= 0.3 is 0 Å². The zero-order valence-corrected chi connectivity index (χ0v) is 16.6. The van der Waals surface area contributed by atoms with Crippen molar-refractivity contribution in [1.29, 1.82) is 0 Å². The van der Waals surface area contributed by atoms with Crippen LogP contribution in [0.4, 0.5) is 4.39 Å². The number of halogens is 1. The molecule has 0 saturated heterocycles. The van der Waals surface area contributed by atoms with E-state index < -0.39 is 0 Å². The van der Waals surface area contributed by atoms with E-state index in [0.29, 0.717) is 5.92 Å². The summed E-state index contributed by atoms with van der Waals surface area (Å²) >= 11 is 0. The van der Waals surface area contributed by atoms with Gasteiger partial charge in [0, 0.05) is 0 Å². The standard InChI is InChI=1S/C25H37F/c1-2-3-18-4-6-19(7-5-18)21-8-10-24-17-22(9-11-23(24)16-21)20-12-14-25(26)15-13-20/h12-15,18-19,21-24H,2-11,16-17H2,1H3/t18-,19-,21-,22-,23-,24-/m1/s1. The fourth-order valence-electron chi connectivity index (χ4n) is 6.75. The normalized spacial score (nSPS) is 37.9. The fraction of sp³-hybridized carbons (Fsp3) is 0.760. The summed E-state index contributed by atoms with van der Waals surface area (Å²) in [5.41, 5.74) is 1.38. The summed E-state index contributed by atoms with van der Waals surface area (Å²) in [6.45, 7) is 2.34. The van der Waals surface area contributed by atoms with Gasteiger partial charge in [0.1, 0.15) is 5.82 Å². The Bertz CT molecular complexity index is 554. The van der Waals surface area contributed by atoms with Gasteiger partial charge < -0.3 is 0 Å². The first-order valence-corrected chi connectivity index (χ1v) is 11.5. The lowest BCUT2D eigenvalue weighted by atomic mass is 9.60. The predicted octanol–water partition coefficient (Wildman–Crippen LogP) is 7.73. The van der Waals surface area contributed by atoms with Crippen LogP contribution in [0.15, 0.2) is 24.3 Å². The lowest BCUT2D eigenvalue weighted by Crippen LogP contribution is -2.34. The van der Waals surface area contributed by atoms with E-state index in [9.17, 15) is 4.39 Å². The molecule has 0 unspecified atom stereocenters. The molecule has 3 fully saturated rings. The SMILES string of the molecule is CCC[C@H]1CC[C@H]([C@@H]2CC[C@@H]3C[C@H](c4ccc(F)cc4)CC[C@@H]3C2)CC1. The van der Waals surface area contributed by atoms with Crippen molar-refractivity contribution in [3.8, 4) is 0 Å². The Morgan fingerprint density at radius 3 is 2.00 bits per heavy atom. The molecule has 0 amide bonds. The van der Waals surface area contributed by atoms with Gasteiger partial charge in [0.15, 0.2) is 0 Å². The van der Waals surface area contributed by atoms with Gasteiger partial charge in [-0.15, -0.1) is 0 Å². The Morgan fingerprint density at radius 2 is 1.31 bits per heavy atom. The molecule has 0 N–H and O–H groups in total. The topological polar surface area (TPSA) is 0 Å². The van der Waals surface area contributed by atoms with E-state index in [1.807, 2.05) is 12.1 Å². The smallest absolute Gasteiger partial charge is 0.123 e. The Labute approximate surface area is 160 Å². The molecule has 1 aromatic rings. The molecule has 26 heavy (non-hydrogen) atoms. The number of hydrogen-bond donors (Lipinski definition) is 0. The van der Waals surface area contributed by atoms with Crippen LogP contribution in [0.5, 0.6) is 0 Å². The molecular weight excluding hydrogens is 319 g/mol. The summed E-state index contributed by atoms with van der Waals surface area (Å²) in [5.74, 6) is 5.61. The first-order chi connectivity index (χ1) is 12.7. The molecule has 4 rings (SSSR count). The summed E-state index contributed by atoms with van der Waals surface area (Å²) in [6, 6.07) is 7.35. The highest BCUT2D eigenvalue weighted by atomic mass is 19.1. The minimum absolute atomic E-state index is 0.100. The van der Waals surface area contributed by atoms with Gasteiger partial charge in [-0.1, -0.05) is 44.7 Å². The molecule has 0 radical (unpaired) electrons. The second-order valence-electron chi connectivity index (χ2n) is 9.72. The lowest BCUT2D eigenvalue weighted by molar-refractivity contribution is 0.0712.